The maximum atomic E-state index is 17.0. The number of nitrogens with two attached hydrogens (primary N) is 2. The molecule has 4 aliphatic rings. The molecule has 45 heavy (non-hydrogen) atoms. The second-order valence-corrected chi connectivity index (χ2v) is 14.5. The van der Waals surface area contributed by atoms with Gasteiger partial charge in [0, 0.05) is 42.5 Å². The summed E-state index contributed by atoms with van der Waals surface area (Å²) in [7, 11) is 0. The Bertz CT molecular complexity index is 1840. The molecule has 1 aliphatic carbocycles. The first kappa shape index (κ1) is 29.3. The molecule has 8 rings (SSSR count). The Morgan fingerprint density at radius 1 is 1.13 bits per heavy atom. The van der Waals surface area contributed by atoms with Gasteiger partial charge in [0.1, 0.15) is 29.9 Å². The van der Waals surface area contributed by atoms with E-state index in [2.05, 4.69) is 14.8 Å². The first-order valence-electron chi connectivity index (χ1n) is 15.5. The van der Waals surface area contributed by atoms with Crippen LogP contribution in [0.15, 0.2) is 18.2 Å². The summed E-state index contributed by atoms with van der Waals surface area (Å²) in [6, 6.07) is 4.39. The highest BCUT2D eigenvalue weighted by Crippen LogP contribution is 2.50. The third-order valence-electron chi connectivity index (χ3n) is 10.1. The van der Waals surface area contributed by atoms with Gasteiger partial charge < -0.3 is 25.8 Å². The molecule has 4 N–H and O–H groups in total. The minimum Gasteiger partial charge on any atom is -0.491 e. The van der Waals surface area contributed by atoms with Crippen LogP contribution in [0.5, 0.6) is 11.8 Å². The Labute approximate surface area is 267 Å². The van der Waals surface area contributed by atoms with Crippen molar-refractivity contribution in [3.05, 3.63) is 34.9 Å². The van der Waals surface area contributed by atoms with Gasteiger partial charge in [0.15, 0.2) is 11.6 Å². The van der Waals surface area contributed by atoms with Crippen molar-refractivity contribution in [1.29, 1.82) is 0 Å². The molecule has 1 saturated carbocycles. The van der Waals surface area contributed by atoms with Crippen LogP contribution in [0.2, 0.25) is 5.02 Å². The Morgan fingerprint density at radius 3 is 2.78 bits per heavy atom. The van der Waals surface area contributed by atoms with Crippen LogP contribution in [0.25, 0.3) is 32.1 Å². The fourth-order valence-electron chi connectivity index (χ4n) is 7.73. The van der Waals surface area contributed by atoms with E-state index < -0.39 is 23.3 Å². The number of alkyl halides is 1. The lowest BCUT2D eigenvalue weighted by atomic mass is 9.77. The number of hydrogen-bond donors (Lipinski definition) is 2. The van der Waals surface area contributed by atoms with E-state index in [0.717, 1.165) is 50.0 Å². The third kappa shape index (κ3) is 4.78. The molecule has 3 fully saturated rings. The number of benzene rings is 2. The molecule has 0 spiro atoms. The summed E-state index contributed by atoms with van der Waals surface area (Å²) in [5.74, 6) is -0.464. The van der Waals surface area contributed by atoms with Crippen molar-refractivity contribution in [2.45, 2.75) is 62.2 Å². The van der Waals surface area contributed by atoms with Crippen LogP contribution in [-0.2, 0) is 0 Å². The summed E-state index contributed by atoms with van der Waals surface area (Å²) < 4.78 is 59.1. The summed E-state index contributed by atoms with van der Waals surface area (Å²) in [6.45, 7) is 2.83. The minimum absolute atomic E-state index is 0.00607. The number of anilines is 2. The van der Waals surface area contributed by atoms with Crippen molar-refractivity contribution in [3.63, 3.8) is 0 Å². The lowest BCUT2D eigenvalue weighted by Crippen LogP contribution is -2.55. The predicted molar refractivity (Wildman–Crippen MR) is 171 cm³/mol. The number of aromatic nitrogens is 2. The molecule has 238 valence electrons. The lowest BCUT2D eigenvalue weighted by Gasteiger charge is -2.43. The molecule has 4 aromatic rings. The van der Waals surface area contributed by atoms with Gasteiger partial charge in [0.05, 0.1) is 32.3 Å². The first-order chi connectivity index (χ1) is 21.6. The van der Waals surface area contributed by atoms with Crippen LogP contribution < -0.4 is 25.8 Å². The van der Waals surface area contributed by atoms with Crippen molar-refractivity contribution in [1.82, 2.24) is 14.9 Å². The molecule has 3 aliphatic heterocycles. The van der Waals surface area contributed by atoms with Crippen molar-refractivity contribution in [2.75, 3.05) is 50.0 Å². The molecule has 2 aromatic carbocycles. The van der Waals surface area contributed by atoms with Crippen molar-refractivity contribution >= 4 is 54.7 Å². The highest BCUT2D eigenvalue weighted by molar-refractivity contribution is 7.22. The molecule has 0 radical (unpaired) electrons. The number of ether oxygens (including phenoxy) is 2. The minimum atomic E-state index is -0.918. The molecule has 2 atom stereocenters. The molecule has 13 heteroatoms. The fraction of sp³-hybridized carbons (Fsp3) is 0.500. The van der Waals surface area contributed by atoms with E-state index in [1.807, 2.05) is 0 Å². The zero-order valence-electron chi connectivity index (χ0n) is 24.7. The first-order valence-corrected chi connectivity index (χ1v) is 16.7. The molecule has 5 heterocycles. The van der Waals surface area contributed by atoms with Gasteiger partial charge in [0.2, 0.25) is 0 Å². The Kier molecular flexibility index (Phi) is 7.01. The van der Waals surface area contributed by atoms with E-state index in [-0.39, 0.29) is 40.0 Å². The van der Waals surface area contributed by atoms with Crippen LogP contribution in [0, 0.1) is 11.6 Å². The van der Waals surface area contributed by atoms with Crippen LogP contribution in [-0.4, -0.2) is 71.5 Å². The maximum absolute atomic E-state index is 17.0. The van der Waals surface area contributed by atoms with E-state index in [1.165, 1.54) is 12.1 Å². The second kappa shape index (κ2) is 10.8. The number of nitrogen functional groups attached to an aromatic ring is 1. The predicted octanol–water partition coefficient (Wildman–Crippen LogP) is 6.45. The number of nitrogens with zero attached hydrogens (tertiary/aromatic N) is 4. The van der Waals surface area contributed by atoms with Crippen molar-refractivity contribution in [3.8, 4) is 22.9 Å². The molecule has 8 nitrogen and oxygen atoms in total. The summed E-state index contributed by atoms with van der Waals surface area (Å²) in [6.07, 6.45) is 4.70. The Balaban J connectivity index is 1.32. The van der Waals surface area contributed by atoms with Gasteiger partial charge >= 0.3 is 6.01 Å². The van der Waals surface area contributed by atoms with Crippen LogP contribution in [0.3, 0.4) is 0 Å². The lowest BCUT2D eigenvalue weighted by molar-refractivity contribution is 0.107. The highest BCUT2D eigenvalue weighted by atomic mass is 35.5. The zero-order valence-corrected chi connectivity index (χ0v) is 26.3. The van der Waals surface area contributed by atoms with E-state index >= 15 is 4.39 Å². The number of halogens is 4. The van der Waals surface area contributed by atoms with Crippen LogP contribution in [0.4, 0.5) is 24.0 Å². The number of rotatable bonds is 6. The average Bonchev–Trinajstić information content (AvgIpc) is 3.65. The van der Waals surface area contributed by atoms with Crippen molar-refractivity contribution in [2.24, 2.45) is 5.73 Å². The zero-order chi connectivity index (χ0) is 31.1. The fourth-order valence-corrected chi connectivity index (χ4v) is 8.92. The van der Waals surface area contributed by atoms with Crippen LogP contribution in [0.1, 0.15) is 44.9 Å². The average molecular weight is 659 g/mol. The normalized spacial score (nSPS) is 24.4. The van der Waals surface area contributed by atoms with Gasteiger partial charge in [-0.15, -0.1) is 11.3 Å². The Morgan fingerprint density at radius 2 is 1.98 bits per heavy atom. The molecule has 0 amide bonds. The van der Waals surface area contributed by atoms with Gasteiger partial charge in [-0.2, -0.15) is 9.97 Å². The standard InChI is InChI=1S/C32H34ClF3N6O2S/c33-24-22(18-4-5-20(35)28-19(18)12-21(37)45-28)25(36)26-23-27(24)43-11-3-9-41(15-31(38)6-1-7-31)29(23)40-30(39-26)44-16-32-8-2-10-42(32)14-17(34)13-32/h4-5,12,17H,1-3,6-11,13-16,37-38H2/t17-,32+/m1/s1. The number of thiophene rings is 1. The van der Waals surface area contributed by atoms with Crippen molar-refractivity contribution < 1.29 is 22.6 Å². The summed E-state index contributed by atoms with van der Waals surface area (Å²) in [5, 5.41) is 1.22. The van der Waals surface area contributed by atoms with E-state index in [4.69, 9.17) is 37.5 Å². The molecular formula is C32H34ClF3N6O2S. The summed E-state index contributed by atoms with van der Waals surface area (Å²) >= 11 is 8.11. The molecule has 2 aromatic heterocycles. The molecule has 2 saturated heterocycles. The largest absolute Gasteiger partial charge is 0.491 e. The van der Waals surface area contributed by atoms with Gasteiger partial charge in [-0.1, -0.05) is 17.7 Å². The monoisotopic (exact) mass is 658 g/mol. The highest BCUT2D eigenvalue weighted by Gasteiger charge is 2.49. The maximum Gasteiger partial charge on any atom is 0.319 e. The smallest absolute Gasteiger partial charge is 0.319 e. The SMILES string of the molecule is Nc1cc2c(-c3c(Cl)c4c5c(nc(OC[C@@]67CCCN6C[C@H](F)C7)nc5c3F)N(CC3(N)CCC3)CCCO4)ccc(F)c2s1. The van der Waals surface area contributed by atoms with E-state index in [0.29, 0.717) is 70.9 Å². The Hall–Kier alpha value is -3.06. The van der Waals surface area contributed by atoms with Gasteiger partial charge in [-0.3, -0.25) is 4.90 Å². The van der Waals surface area contributed by atoms with Gasteiger partial charge in [-0.05, 0) is 62.8 Å². The number of fused-ring (bicyclic) bond motifs is 2. The van der Waals surface area contributed by atoms with E-state index in [1.54, 1.807) is 6.07 Å². The van der Waals surface area contributed by atoms with E-state index in [9.17, 15) is 8.78 Å². The topological polar surface area (TPSA) is 103 Å². The quantitative estimate of drug-likeness (QED) is 0.244. The molecular weight excluding hydrogens is 625 g/mol. The molecule has 0 bridgehead atoms. The number of hydrogen-bond acceptors (Lipinski definition) is 9. The van der Waals surface area contributed by atoms with Crippen LogP contribution >= 0.6 is 22.9 Å². The summed E-state index contributed by atoms with van der Waals surface area (Å²) in [4.78, 5) is 13.7. The van der Waals surface area contributed by atoms with Gasteiger partial charge in [-0.25, -0.2) is 13.2 Å². The third-order valence-corrected chi connectivity index (χ3v) is 11.4. The van der Waals surface area contributed by atoms with Gasteiger partial charge in [0.25, 0.3) is 0 Å². The molecule has 0 unspecified atom stereocenters. The second-order valence-electron chi connectivity index (χ2n) is 13.1. The summed E-state index contributed by atoms with van der Waals surface area (Å²) in [5.41, 5.74) is 12.3.